The van der Waals surface area contributed by atoms with E-state index in [4.69, 9.17) is 27.9 Å². The van der Waals surface area contributed by atoms with Gasteiger partial charge in [0.2, 0.25) is 0 Å². The fraction of sp³-hybridized carbons (Fsp3) is 0.118. The second-order valence-corrected chi connectivity index (χ2v) is 8.26. The van der Waals surface area contributed by atoms with Crippen LogP contribution in [-0.4, -0.2) is 36.4 Å². The molecule has 0 aliphatic rings. The number of sulfonamides is 1. The van der Waals surface area contributed by atoms with Crippen molar-refractivity contribution in [2.24, 2.45) is 0 Å². The van der Waals surface area contributed by atoms with Crippen LogP contribution < -0.4 is 9.46 Å². The lowest BCUT2D eigenvalue weighted by atomic mass is 10.2. The largest absolute Gasteiger partial charge is 0.497 e. The van der Waals surface area contributed by atoms with Crippen LogP contribution in [0.5, 0.6) is 5.75 Å². The molecule has 0 bridgehead atoms. The Kier molecular flexibility index (Phi) is 5.78. The molecule has 0 saturated heterocycles. The number of methoxy groups -OCH3 is 1. The third kappa shape index (κ3) is 4.19. The third-order valence-corrected chi connectivity index (χ3v) is 5.95. The summed E-state index contributed by atoms with van der Waals surface area (Å²) in [6, 6.07) is 7.84. The summed E-state index contributed by atoms with van der Waals surface area (Å²) < 4.78 is 47.2. The van der Waals surface area contributed by atoms with Crippen LogP contribution >= 0.6 is 23.2 Å². The van der Waals surface area contributed by atoms with Gasteiger partial charge >= 0.3 is 0 Å². The molecule has 0 saturated carbocycles. The van der Waals surface area contributed by atoms with E-state index >= 15 is 0 Å². The molecule has 0 aliphatic heterocycles. The van der Waals surface area contributed by atoms with Crippen molar-refractivity contribution < 1.29 is 22.3 Å². The predicted molar refractivity (Wildman–Crippen MR) is 104 cm³/mol. The Bertz CT molecular complexity index is 1210. The molecule has 8 nitrogen and oxygen atoms in total. The first-order valence-electron chi connectivity index (χ1n) is 7.92. The lowest BCUT2D eigenvalue weighted by Crippen LogP contribution is -2.31. The van der Waals surface area contributed by atoms with E-state index in [0.29, 0.717) is 0 Å². The fourth-order valence-corrected chi connectivity index (χ4v) is 4.09. The summed E-state index contributed by atoms with van der Waals surface area (Å²) in [7, 11) is -2.98. The number of nitrogens with zero attached hydrogens (tertiary/aromatic N) is 3. The molecular weight excluding hydrogens is 446 g/mol. The van der Waals surface area contributed by atoms with Crippen LogP contribution in [0.3, 0.4) is 0 Å². The number of aromatic nitrogens is 3. The highest BCUT2D eigenvalue weighted by molar-refractivity contribution is 7.90. The minimum atomic E-state index is -4.34. The summed E-state index contributed by atoms with van der Waals surface area (Å²) in [4.78, 5) is 12.2. The van der Waals surface area contributed by atoms with Gasteiger partial charge in [-0.25, -0.2) is 22.2 Å². The molecule has 0 radical (unpaired) electrons. The summed E-state index contributed by atoms with van der Waals surface area (Å²) in [6.07, 6.45) is 0. The standard InChI is InChI=1S/C17H13Cl2FN4O4S/c1-9-16(21-23-24(9)14-6-3-10(18)7-13(14)20)17(25)22-29(26,27)15-8-11(28-2)4-5-12(15)19/h3-8H,1-2H3,(H,22,25). The number of carbonyl (C=O) groups excluding carboxylic acids is 1. The van der Waals surface area contributed by atoms with E-state index in [1.165, 1.54) is 44.4 Å². The molecule has 1 N–H and O–H groups in total. The van der Waals surface area contributed by atoms with E-state index in [2.05, 4.69) is 10.3 Å². The molecule has 3 rings (SSSR count). The predicted octanol–water partition coefficient (Wildman–Crippen LogP) is 3.15. The highest BCUT2D eigenvalue weighted by Gasteiger charge is 2.26. The minimum absolute atomic E-state index is 0.00264. The number of halogens is 3. The Morgan fingerprint density at radius 3 is 2.59 bits per heavy atom. The number of ether oxygens (including phenoxy) is 1. The molecule has 1 amide bonds. The van der Waals surface area contributed by atoms with Crippen molar-refractivity contribution in [3.8, 4) is 11.4 Å². The molecule has 0 spiro atoms. The average Bonchev–Trinajstić information content (AvgIpc) is 3.03. The summed E-state index contributed by atoms with van der Waals surface area (Å²) in [5.41, 5.74) is -0.185. The first-order valence-corrected chi connectivity index (χ1v) is 10.2. The Morgan fingerprint density at radius 1 is 1.21 bits per heavy atom. The van der Waals surface area contributed by atoms with Crippen molar-refractivity contribution in [1.82, 2.24) is 19.7 Å². The van der Waals surface area contributed by atoms with Gasteiger partial charge in [0, 0.05) is 11.1 Å². The van der Waals surface area contributed by atoms with Gasteiger partial charge in [-0.1, -0.05) is 28.4 Å². The van der Waals surface area contributed by atoms with Crippen molar-refractivity contribution in [2.75, 3.05) is 7.11 Å². The van der Waals surface area contributed by atoms with Crippen molar-refractivity contribution in [3.05, 3.63) is 63.6 Å². The van der Waals surface area contributed by atoms with Gasteiger partial charge in [-0.05, 0) is 37.3 Å². The van der Waals surface area contributed by atoms with Crippen LogP contribution in [0.4, 0.5) is 4.39 Å². The van der Waals surface area contributed by atoms with E-state index in [-0.39, 0.29) is 37.8 Å². The number of hydrogen-bond donors (Lipinski definition) is 1. The Labute approximate surface area is 175 Å². The first kappa shape index (κ1) is 21.0. The molecule has 29 heavy (non-hydrogen) atoms. The van der Waals surface area contributed by atoms with Gasteiger partial charge in [-0.2, -0.15) is 0 Å². The van der Waals surface area contributed by atoms with Gasteiger partial charge in [-0.3, -0.25) is 4.79 Å². The molecule has 152 valence electrons. The van der Waals surface area contributed by atoms with Crippen LogP contribution in [0, 0.1) is 12.7 Å². The summed E-state index contributed by atoms with van der Waals surface area (Å²) in [6.45, 7) is 1.44. The van der Waals surface area contributed by atoms with Crippen molar-refractivity contribution in [3.63, 3.8) is 0 Å². The maximum atomic E-state index is 14.1. The van der Waals surface area contributed by atoms with Crippen LogP contribution in [0.2, 0.25) is 10.0 Å². The van der Waals surface area contributed by atoms with Crippen LogP contribution in [-0.2, 0) is 10.0 Å². The van der Waals surface area contributed by atoms with E-state index in [9.17, 15) is 17.6 Å². The van der Waals surface area contributed by atoms with Gasteiger partial charge in [0.1, 0.15) is 22.1 Å². The van der Waals surface area contributed by atoms with Crippen LogP contribution in [0.25, 0.3) is 5.69 Å². The van der Waals surface area contributed by atoms with Crippen molar-refractivity contribution >= 4 is 39.1 Å². The van der Waals surface area contributed by atoms with Crippen LogP contribution in [0.1, 0.15) is 16.2 Å². The second-order valence-electron chi connectivity index (χ2n) is 5.76. The average molecular weight is 459 g/mol. The number of benzene rings is 2. The van der Waals surface area contributed by atoms with Gasteiger partial charge in [-0.15, -0.1) is 5.10 Å². The molecule has 0 fully saturated rings. The molecule has 1 aromatic heterocycles. The first-order chi connectivity index (χ1) is 13.6. The summed E-state index contributed by atoms with van der Waals surface area (Å²) >= 11 is 11.7. The number of hydrogen-bond acceptors (Lipinski definition) is 6. The molecular formula is C17H13Cl2FN4O4S. The van der Waals surface area contributed by atoms with Gasteiger partial charge < -0.3 is 4.74 Å². The SMILES string of the molecule is COc1ccc(Cl)c(S(=O)(=O)NC(=O)c2nnn(-c3ccc(Cl)cc3F)c2C)c1. The van der Waals surface area contributed by atoms with E-state index in [1.807, 2.05) is 4.72 Å². The lowest BCUT2D eigenvalue weighted by molar-refractivity contribution is 0.0976. The molecule has 0 atom stereocenters. The molecule has 12 heteroatoms. The molecule has 0 unspecified atom stereocenters. The number of amides is 1. The number of carbonyl (C=O) groups is 1. The number of rotatable bonds is 5. The molecule has 2 aromatic carbocycles. The Balaban J connectivity index is 1.93. The highest BCUT2D eigenvalue weighted by Crippen LogP contribution is 2.26. The lowest BCUT2D eigenvalue weighted by Gasteiger charge is -2.09. The van der Waals surface area contributed by atoms with Gasteiger partial charge in [0.05, 0.1) is 17.8 Å². The smallest absolute Gasteiger partial charge is 0.287 e. The monoisotopic (exact) mass is 458 g/mol. The molecule has 0 aliphatic carbocycles. The zero-order valence-electron chi connectivity index (χ0n) is 15.0. The topological polar surface area (TPSA) is 103 Å². The highest BCUT2D eigenvalue weighted by atomic mass is 35.5. The van der Waals surface area contributed by atoms with Crippen molar-refractivity contribution in [1.29, 1.82) is 0 Å². The zero-order chi connectivity index (χ0) is 21.3. The minimum Gasteiger partial charge on any atom is -0.497 e. The van der Waals surface area contributed by atoms with Gasteiger partial charge in [0.15, 0.2) is 5.69 Å². The zero-order valence-corrected chi connectivity index (χ0v) is 17.3. The third-order valence-electron chi connectivity index (χ3n) is 3.90. The summed E-state index contributed by atoms with van der Waals surface area (Å²) in [5, 5.41) is 7.48. The van der Waals surface area contributed by atoms with Crippen molar-refractivity contribution in [2.45, 2.75) is 11.8 Å². The second kappa shape index (κ2) is 7.97. The Hall–Kier alpha value is -2.69. The normalized spacial score (nSPS) is 11.3. The maximum Gasteiger partial charge on any atom is 0.287 e. The fourth-order valence-electron chi connectivity index (χ4n) is 2.46. The molecule has 3 aromatic rings. The van der Waals surface area contributed by atoms with E-state index in [1.54, 1.807) is 0 Å². The summed E-state index contributed by atoms with van der Waals surface area (Å²) in [5.74, 6) is -1.50. The number of nitrogens with one attached hydrogen (secondary N) is 1. The van der Waals surface area contributed by atoms with E-state index < -0.39 is 21.7 Å². The van der Waals surface area contributed by atoms with E-state index in [0.717, 1.165) is 10.7 Å². The molecule has 1 heterocycles. The Morgan fingerprint density at radius 2 is 1.93 bits per heavy atom. The quantitative estimate of drug-likeness (QED) is 0.629. The van der Waals surface area contributed by atoms with Gasteiger partial charge in [0.25, 0.3) is 15.9 Å². The van der Waals surface area contributed by atoms with Crippen LogP contribution in [0.15, 0.2) is 41.3 Å². The maximum absolute atomic E-state index is 14.1.